The van der Waals surface area contributed by atoms with Gasteiger partial charge in [-0.15, -0.1) is 0 Å². The predicted octanol–water partition coefficient (Wildman–Crippen LogP) is 2.28. The molecule has 1 atom stereocenters. The van der Waals surface area contributed by atoms with E-state index in [0.29, 0.717) is 0 Å². The lowest BCUT2D eigenvalue weighted by Gasteiger charge is -2.20. The van der Waals surface area contributed by atoms with Crippen molar-refractivity contribution in [1.82, 2.24) is 4.31 Å². The van der Waals surface area contributed by atoms with Crippen LogP contribution in [0.5, 0.6) is 0 Å². The van der Waals surface area contributed by atoms with Gasteiger partial charge in [0.2, 0.25) is 10.0 Å². The number of rotatable bonds is 4. The first-order chi connectivity index (χ1) is 10.4. The molecule has 2 rings (SSSR count). The van der Waals surface area contributed by atoms with Gasteiger partial charge in [0, 0.05) is 13.1 Å². The van der Waals surface area contributed by atoms with Crippen molar-refractivity contribution >= 4 is 16.0 Å². The Morgan fingerprint density at radius 3 is 2.30 bits per heavy atom. The number of alkyl halides is 3. The van der Waals surface area contributed by atoms with Crippen LogP contribution in [0.15, 0.2) is 29.2 Å². The molecule has 1 aliphatic heterocycles. The van der Waals surface area contributed by atoms with E-state index in [-0.39, 0.29) is 30.0 Å². The van der Waals surface area contributed by atoms with Crippen LogP contribution < -0.4 is 0 Å². The van der Waals surface area contributed by atoms with Crippen LogP contribution in [0.2, 0.25) is 0 Å². The van der Waals surface area contributed by atoms with Gasteiger partial charge in [0.1, 0.15) is 0 Å². The van der Waals surface area contributed by atoms with Gasteiger partial charge in [0.25, 0.3) is 0 Å². The van der Waals surface area contributed by atoms with E-state index in [1.165, 1.54) is 6.92 Å². The van der Waals surface area contributed by atoms with Crippen LogP contribution in [-0.4, -0.2) is 43.1 Å². The number of benzene rings is 1. The number of halogens is 3. The van der Waals surface area contributed by atoms with E-state index in [0.717, 1.165) is 28.6 Å². The average Bonchev–Trinajstić information content (AvgIpc) is 2.82. The van der Waals surface area contributed by atoms with Gasteiger partial charge in [-0.1, -0.05) is 12.1 Å². The van der Waals surface area contributed by atoms with Crippen molar-refractivity contribution < 1.29 is 31.5 Å². The normalized spacial score (nSPS) is 23.1. The molecular formula is C14H16F3NO4S. The number of carboxylic acids is 1. The van der Waals surface area contributed by atoms with Crippen molar-refractivity contribution in [2.45, 2.75) is 30.8 Å². The molecule has 1 heterocycles. The zero-order valence-corrected chi connectivity index (χ0v) is 13.1. The summed E-state index contributed by atoms with van der Waals surface area (Å²) in [7, 11) is -3.91. The molecule has 9 heteroatoms. The molecule has 1 N–H and O–H groups in total. The van der Waals surface area contributed by atoms with E-state index in [1.807, 2.05) is 0 Å². The van der Waals surface area contributed by atoms with Crippen LogP contribution in [0, 0.1) is 5.41 Å². The molecule has 1 unspecified atom stereocenters. The Hall–Kier alpha value is -1.61. The molecule has 1 aromatic carbocycles. The maximum atomic E-state index is 12.5. The van der Waals surface area contributed by atoms with Gasteiger partial charge < -0.3 is 5.11 Å². The minimum Gasteiger partial charge on any atom is -0.481 e. The van der Waals surface area contributed by atoms with Crippen molar-refractivity contribution in [3.63, 3.8) is 0 Å². The monoisotopic (exact) mass is 351 g/mol. The molecule has 5 nitrogen and oxygen atoms in total. The van der Waals surface area contributed by atoms with Crippen LogP contribution in [0.25, 0.3) is 0 Å². The number of hydrogen-bond donors (Lipinski definition) is 1. The minimum absolute atomic E-state index is 0.0340. The Labute approximate surface area is 131 Å². The number of sulfonamides is 1. The third-order valence-corrected chi connectivity index (χ3v) is 5.78. The Bertz CT molecular complexity index is 700. The molecule has 0 aromatic heterocycles. The summed E-state index contributed by atoms with van der Waals surface area (Å²) < 4.78 is 62.9. The van der Waals surface area contributed by atoms with Crippen molar-refractivity contribution in [2.75, 3.05) is 13.1 Å². The molecule has 1 aliphatic rings. The van der Waals surface area contributed by atoms with Crippen molar-refractivity contribution in [2.24, 2.45) is 5.41 Å². The van der Waals surface area contributed by atoms with E-state index in [2.05, 4.69) is 0 Å². The molecule has 23 heavy (non-hydrogen) atoms. The highest BCUT2D eigenvalue weighted by Crippen LogP contribution is 2.34. The van der Waals surface area contributed by atoms with Gasteiger partial charge in [-0.3, -0.25) is 4.79 Å². The number of carbonyl (C=O) groups is 1. The largest absolute Gasteiger partial charge is 0.481 e. The lowest BCUT2D eigenvalue weighted by molar-refractivity contribution is -0.146. The fourth-order valence-corrected chi connectivity index (χ4v) is 4.02. The molecule has 128 valence electrons. The second kappa shape index (κ2) is 5.79. The fraction of sp³-hybridized carbons (Fsp3) is 0.500. The number of aliphatic carboxylic acids is 1. The second-order valence-electron chi connectivity index (χ2n) is 5.89. The van der Waals surface area contributed by atoms with E-state index in [9.17, 15) is 26.4 Å². The predicted molar refractivity (Wildman–Crippen MR) is 75.3 cm³/mol. The Morgan fingerprint density at radius 1 is 1.30 bits per heavy atom. The Morgan fingerprint density at radius 2 is 1.87 bits per heavy atom. The zero-order chi connectivity index (χ0) is 17.5. The summed E-state index contributed by atoms with van der Waals surface area (Å²) in [5, 5.41) is 9.14. The van der Waals surface area contributed by atoms with E-state index >= 15 is 0 Å². The minimum atomic E-state index is -4.36. The molecule has 0 bridgehead atoms. The third kappa shape index (κ3) is 3.84. The van der Waals surface area contributed by atoms with Gasteiger partial charge in [-0.05, 0) is 31.0 Å². The summed E-state index contributed by atoms with van der Waals surface area (Å²) in [6.45, 7) is 1.38. The summed E-state index contributed by atoms with van der Waals surface area (Å²) in [4.78, 5) is 11.0. The fourth-order valence-electron chi connectivity index (χ4n) is 2.46. The second-order valence-corrected chi connectivity index (χ2v) is 7.83. The van der Waals surface area contributed by atoms with Crippen LogP contribution in [0.4, 0.5) is 13.2 Å². The molecule has 0 spiro atoms. The molecule has 0 aliphatic carbocycles. The smallest absolute Gasteiger partial charge is 0.393 e. The highest BCUT2D eigenvalue weighted by atomic mass is 32.2. The van der Waals surface area contributed by atoms with Crippen molar-refractivity contribution in [1.29, 1.82) is 0 Å². The van der Waals surface area contributed by atoms with E-state index in [1.54, 1.807) is 0 Å². The molecular weight excluding hydrogens is 335 g/mol. The van der Waals surface area contributed by atoms with Crippen molar-refractivity contribution in [3.8, 4) is 0 Å². The Kier molecular flexibility index (Phi) is 4.46. The lowest BCUT2D eigenvalue weighted by Crippen LogP contribution is -2.34. The average molecular weight is 351 g/mol. The van der Waals surface area contributed by atoms with Gasteiger partial charge in [-0.25, -0.2) is 8.42 Å². The van der Waals surface area contributed by atoms with Crippen molar-refractivity contribution in [3.05, 3.63) is 29.8 Å². The maximum Gasteiger partial charge on any atom is 0.393 e. The molecule has 0 saturated carbocycles. The highest BCUT2D eigenvalue weighted by molar-refractivity contribution is 7.89. The summed E-state index contributed by atoms with van der Waals surface area (Å²) in [6.07, 6.45) is -5.31. The number of hydrogen-bond acceptors (Lipinski definition) is 3. The molecule has 1 aromatic rings. The van der Waals surface area contributed by atoms with E-state index in [4.69, 9.17) is 5.11 Å². The summed E-state index contributed by atoms with van der Waals surface area (Å²) in [6, 6.07) is 4.47. The van der Waals surface area contributed by atoms with Gasteiger partial charge >= 0.3 is 12.1 Å². The first-order valence-electron chi connectivity index (χ1n) is 6.83. The highest BCUT2D eigenvalue weighted by Gasteiger charge is 2.44. The quantitative estimate of drug-likeness (QED) is 0.903. The van der Waals surface area contributed by atoms with Crippen LogP contribution in [0.3, 0.4) is 0 Å². The molecule has 0 radical (unpaired) electrons. The van der Waals surface area contributed by atoms with E-state index < -0.39 is 34.0 Å². The zero-order valence-electron chi connectivity index (χ0n) is 12.3. The third-order valence-electron chi connectivity index (χ3n) is 3.92. The number of carboxylic acid groups (broad SMARTS) is 1. The standard InChI is InChI=1S/C14H16F3NO4S/c1-13(12(19)20)6-7-18(9-13)23(21,22)11-4-2-10(3-5-11)8-14(15,16)17/h2-5H,6-9H2,1H3,(H,19,20). The number of nitrogens with zero attached hydrogens (tertiary/aromatic N) is 1. The first kappa shape index (κ1) is 17.7. The maximum absolute atomic E-state index is 12.5. The SMILES string of the molecule is CC1(C(=O)O)CCN(S(=O)(=O)c2ccc(CC(F)(F)F)cc2)C1. The summed E-state index contributed by atoms with van der Waals surface area (Å²) >= 11 is 0. The lowest BCUT2D eigenvalue weighted by atomic mass is 9.90. The Balaban J connectivity index is 2.19. The molecule has 1 saturated heterocycles. The summed E-state index contributed by atoms with van der Waals surface area (Å²) in [5.41, 5.74) is -1.18. The molecule has 1 fully saturated rings. The van der Waals surface area contributed by atoms with Gasteiger partial charge in [0.15, 0.2) is 0 Å². The first-order valence-corrected chi connectivity index (χ1v) is 8.27. The van der Waals surface area contributed by atoms with Crippen LogP contribution in [0.1, 0.15) is 18.9 Å². The van der Waals surface area contributed by atoms with Crippen LogP contribution >= 0.6 is 0 Å². The van der Waals surface area contributed by atoms with Gasteiger partial charge in [-0.2, -0.15) is 17.5 Å². The topological polar surface area (TPSA) is 74.7 Å². The summed E-state index contributed by atoms with van der Waals surface area (Å²) in [5.74, 6) is -1.07. The van der Waals surface area contributed by atoms with Gasteiger partial charge in [0.05, 0.1) is 16.7 Å². The van der Waals surface area contributed by atoms with Crippen LogP contribution in [-0.2, 0) is 21.2 Å². The molecule has 0 amide bonds.